The molecule has 2 N–H and O–H groups in total. The third-order valence-corrected chi connectivity index (χ3v) is 4.52. The van der Waals surface area contributed by atoms with Crippen molar-refractivity contribution in [3.8, 4) is 0 Å². The molecule has 1 saturated carbocycles. The van der Waals surface area contributed by atoms with E-state index in [0.29, 0.717) is 12.1 Å². The second-order valence-corrected chi connectivity index (χ2v) is 6.11. The highest BCUT2D eigenvalue weighted by molar-refractivity contribution is 6.30. The van der Waals surface area contributed by atoms with Crippen LogP contribution in [0.1, 0.15) is 56.6 Å². The molecule has 1 nitrogen and oxygen atoms in total. The van der Waals surface area contributed by atoms with Gasteiger partial charge in [-0.25, -0.2) is 4.39 Å². The van der Waals surface area contributed by atoms with E-state index in [4.69, 9.17) is 17.3 Å². The van der Waals surface area contributed by atoms with Crippen molar-refractivity contribution in [3.63, 3.8) is 0 Å². The summed E-state index contributed by atoms with van der Waals surface area (Å²) in [7, 11) is 0. The molecule has 2 rings (SSSR count). The third kappa shape index (κ3) is 2.28. The van der Waals surface area contributed by atoms with Gasteiger partial charge in [0.25, 0.3) is 0 Å². The van der Waals surface area contributed by atoms with Crippen LogP contribution in [0.25, 0.3) is 0 Å². The lowest BCUT2D eigenvalue weighted by atomic mass is 9.78. The smallest absolute Gasteiger partial charge is 0.145 e. The van der Waals surface area contributed by atoms with Gasteiger partial charge in [0.15, 0.2) is 0 Å². The predicted molar refractivity (Wildman–Crippen MR) is 74.7 cm³/mol. The molecule has 0 aliphatic heterocycles. The molecule has 3 heteroatoms. The van der Waals surface area contributed by atoms with Crippen molar-refractivity contribution in [3.05, 3.63) is 34.1 Å². The molecule has 1 aromatic rings. The van der Waals surface area contributed by atoms with Crippen LogP contribution in [0.3, 0.4) is 0 Å². The highest BCUT2D eigenvalue weighted by Gasteiger charge is 2.35. The van der Waals surface area contributed by atoms with Crippen molar-refractivity contribution in [2.45, 2.75) is 50.9 Å². The van der Waals surface area contributed by atoms with Gasteiger partial charge in [-0.05, 0) is 36.0 Å². The Hall–Kier alpha value is -0.600. The summed E-state index contributed by atoms with van der Waals surface area (Å²) in [6.07, 6.45) is 4.57. The zero-order chi connectivity index (χ0) is 13.3. The van der Waals surface area contributed by atoms with Crippen LogP contribution in [0.15, 0.2) is 12.1 Å². The van der Waals surface area contributed by atoms with Gasteiger partial charge in [-0.2, -0.15) is 0 Å². The van der Waals surface area contributed by atoms with Gasteiger partial charge in [0.2, 0.25) is 0 Å². The van der Waals surface area contributed by atoms with Crippen molar-refractivity contribution in [1.29, 1.82) is 0 Å². The Bertz CT molecular complexity index is 436. The Kier molecular flexibility index (Phi) is 3.98. The molecule has 1 aromatic carbocycles. The van der Waals surface area contributed by atoms with Crippen LogP contribution >= 0.6 is 11.6 Å². The van der Waals surface area contributed by atoms with Gasteiger partial charge in [0.1, 0.15) is 5.82 Å². The second-order valence-electron chi connectivity index (χ2n) is 5.71. The number of hydrogen-bond acceptors (Lipinski definition) is 1. The van der Waals surface area contributed by atoms with Crippen LogP contribution < -0.4 is 5.73 Å². The Balaban J connectivity index is 2.51. The van der Waals surface area contributed by atoms with Crippen LogP contribution in [0, 0.1) is 5.82 Å². The van der Waals surface area contributed by atoms with E-state index in [1.165, 1.54) is 12.8 Å². The fraction of sp³-hybridized carbons (Fsp3) is 0.600. The summed E-state index contributed by atoms with van der Waals surface area (Å²) < 4.78 is 14.0. The summed E-state index contributed by atoms with van der Waals surface area (Å²) >= 11 is 6.04. The first-order chi connectivity index (χ1) is 8.50. The van der Waals surface area contributed by atoms with Crippen LogP contribution in [0.4, 0.5) is 4.39 Å². The van der Waals surface area contributed by atoms with Crippen LogP contribution in [-0.2, 0) is 5.41 Å². The summed E-state index contributed by atoms with van der Waals surface area (Å²) in [6.45, 7) is 4.59. The molecule has 1 aliphatic rings. The fourth-order valence-corrected chi connectivity index (χ4v) is 3.23. The first-order valence-electron chi connectivity index (χ1n) is 6.69. The minimum absolute atomic E-state index is 0.0149. The zero-order valence-corrected chi connectivity index (χ0v) is 11.9. The maximum atomic E-state index is 14.0. The Morgan fingerprint density at radius 1 is 1.33 bits per heavy atom. The maximum absolute atomic E-state index is 14.0. The summed E-state index contributed by atoms with van der Waals surface area (Å²) in [5.41, 5.74) is 7.82. The minimum Gasteiger partial charge on any atom is -0.330 e. The van der Waals surface area contributed by atoms with E-state index in [-0.39, 0.29) is 22.2 Å². The molecule has 0 bridgehead atoms. The molecule has 0 aromatic heterocycles. The van der Waals surface area contributed by atoms with Crippen LogP contribution in [0.5, 0.6) is 0 Å². The van der Waals surface area contributed by atoms with E-state index in [1.807, 2.05) is 19.9 Å². The van der Waals surface area contributed by atoms with E-state index in [2.05, 4.69) is 0 Å². The van der Waals surface area contributed by atoms with E-state index in [1.54, 1.807) is 6.07 Å². The summed E-state index contributed by atoms with van der Waals surface area (Å²) in [4.78, 5) is 0. The largest absolute Gasteiger partial charge is 0.330 e. The van der Waals surface area contributed by atoms with Gasteiger partial charge in [-0.15, -0.1) is 0 Å². The van der Waals surface area contributed by atoms with Gasteiger partial charge in [0.05, 0.1) is 5.02 Å². The molecular weight excluding hydrogens is 249 g/mol. The molecule has 0 radical (unpaired) electrons. The zero-order valence-electron chi connectivity index (χ0n) is 11.1. The fourth-order valence-electron chi connectivity index (χ4n) is 3.00. The summed E-state index contributed by atoms with van der Waals surface area (Å²) in [5, 5.41) is 0.232. The molecule has 0 heterocycles. The molecule has 0 atom stereocenters. The molecule has 18 heavy (non-hydrogen) atoms. The number of benzene rings is 1. The molecule has 100 valence electrons. The molecule has 0 spiro atoms. The van der Waals surface area contributed by atoms with Gasteiger partial charge in [-0.1, -0.05) is 44.4 Å². The van der Waals surface area contributed by atoms with E-state index >= 15 is 0 Å². The predicted octanol–water partition coefficient (Wildman–Crippen LogP) is 4.37. The maximum Gasteiger partial charge on any atom is 0.145 e. The molecule has 0 unspecified atom stereocenters. The van der Waals surface area contributed by atoms with E-state index in [0.717, 1.165) is 18.4 Å². The lowest BCUT2D eigenvalue weighted by Gasteiger charge is -2.29. The minimum atomic E-state index is -0.277. The van der Waals surface area contributed by atoms with Crippen molar-refractivity contribution in [2.75, 3.05) is 6.54 Å². The Morgan fingerprint density at radius 3 is 2.44 bits per heavy atom. The Labute approximate surface area is 114 Å². The van der Waals surface area contributed by atoms with Crippen molar-refractivity contribution < 1.29 is 4.39 Å². The third-order valence-electron chi connectivity index (χ3n) is 4.24. The first kappa shape index (κ1) is 13.8. The van der Waals surface area contributed by atoms with Gasteiger partial charge >= 0.3 is 0 Å². The van der Waals surface area contributed by atoms with Crippen molar-refractivity contribution in [2.24, 2.45) is 5.73 Å². The van der Waals surface area contributed by atoms with E-state index in [9.17, 15) is 4.39 Å². The average molecular weight is 270 g/mol. The molecular formula is C15H21ClFN. The SMILES string of the molecule is CC(C)c1cc(C2(CN)CCCC2)cc(Cl)c1F. The highest BCUT2D eigenvalue weighted by Crippen LogP contribution is 2.42. The van der Waals surface area contributed by atoms with Gasteiger partial charge < -0.3 is 5.73 Å². The topological polar surface area (TPSA) is 26.0 Å². The Morgan fingerprint density at radius 2 is 1.94 bits per heavy atom. The lowest BCUT2D eigenvalue weighted by molar-refractivity contribution is 0.450. The molecule has 0 amide bonds. The number of hydrogen-bond donors (Lipinski definition) is 1. The van der Waals surface area contributed by atoms with Crippen LogP contribution in [-0.4, -0.2) is 6.54 Å². The normalized spacial score (nSPS) is 18.6. The summed E-state index contributed by atoms with van der Waals surface area (Å²) in [6, 6.07) is 3.75. The van der Waals surface area contributed by atoms with Crippen molar-refractivity contribution >= 4 is 11.6 Å². The standard InChI is InChI=1S/C15H21ClFN/c1-10(2)12-7-11(8-13(16)14(12)17)15(9-18)5-3-4-6-15/h7-8,10H,3-6,9,18H2,1-2H3. The number of nitrogens with two attached hydrogens (primary N) is 1. The molecule has 1 fully saturated rings. The highest BCUT2D eigenvalue weighted by atomic mass is 35.5. The second kappa shape index (κ2) is 5.18. The van der Waals surface area contributed by atoms with E-state index < -0.39 is 0 Å². The monoisotopic (exact) mass is 269 g/mol. The number of rotatable bonds is 3. The van der Waals surface area contributed by atoms with Gasteiger partial charge in [-0.3, -0.25) is 0 Å². The summed E-state index contributed by atoms with van der Waals surface area (Å²) in [5.74, 6) is -0.140. The van der Waals surface area contributed by atoms with Crippen LogP contribution in [0.2, 0.25) is 5.02 Å². The van der Waals surface area contributed by atoms with Gasteiger partial charge in [0, 0.05) is 12.0 Å². The lowest BCUT2D eigenvalue weighted by Crippen LogP contribution is -2.32. The average Bonchev–Trinajstić information content (AvgIpc) is 2.82. The quantitative estimate of drug-likeness (QED) is 0.866. The molecule has 0 saturated heterocycles. The number of halogens is 2. The molecule has 1 aliphatic carbocycles. The van der Waals surface area contributed by atoms with Crippen molar-refractivity contribution in [1.82, 2.24) is 0 Å². The first-order valence-corrected chi connectivity index (χ1v) is 7.07.